The quantitative estimate of drug-likeness (QED) is 0.463. The molecule has 0 N–H and O–H groups in total. The minimum Gasteiger partial charge on any atom is -0.0998 e. The first-order valence-electron chi connectivity index (χ1n) is 4.77. The molecule has 0 radical (unpaired) electrons. The Bertz CT molecular complexity index is 180. The highest BCUT2D eigenvalue weighted by Crippen LogP contribution is 2.51. The molecule has 0 aliphatic heterocycles. The zero-order chi connectivity index (χ0) is 10.6. The normalized spacial score (nSPS) is 11.8. The van der Waals surface area contributed by atoms with E-state index in [1.807, 2.05) is 0 Å². The van der Waals surface area contributed by atoms with E-state index in [1.54, 1.807) is 0 Å². The fourth-order valence-electron chi connectivity index (χ4n) is 1.18. The third-order valence-corrected chi connectivity index (χ3v) is 5.61. The van der Waals surface area contributed by atoms with Crippen LogP contribution >= 0.6 is 7.92 Å². The Balaban J connectivity index is 4.37. The van der Waals surface area contributed by atoms with E-state index in [9.17, 15) is 0 Å². The Morgan fingerprint density at radius 3 is 1.46 bits per heavy atom. The van der Waals surface area contributed by atoms with E-state index in [4.69, 9.17) is 0 Å². The van der Waals surface area contributed by atoms with Crippen molar-refractivity contribution in [3.63, 3.8) is 0 Å². The molecule has 0 nitrogen and oxygen atoms in total. The Labute approximate surface area is 84.9 Å². The minimum absolute atomic E-state index is 0.0203. The van der Waals surface area contributed by atoms with E-state index < -0.39 is 0 Å². The van der Waals surface area contributed by atoms with Crippen molar-refractivity contribution in [1.82, 2.24) is 0 Å². The fourth-order valence-corrected chi connectivity index (χ4v) is 3.55. The van der Waals surface area contributed by atoms with E-state index in [0.29, 0.717) is 5.16 Å². The summed E-state index contributed by atoms with van der Waals surface area (Å²) in [6.07, 6.45) is 2.37. The molecule has 1 heteroatoms. The van der Waals surface area contributed by atoms with Crippen LogP contribution in [0.3, 0.4) is 0 Å². The van der Waals surface area contributed by atoms with Crippen molar-refractivity contribution in [1.29, 1.82) is 0 Å². The molecule has 0 aliphatic rings. The van der Waals surface area contributed by atoms with Crippen molar-refractivity contribution in [3.05, 3.63) is 24.3 Å². The van der Waals surface area contributed by atoms with Gasteiger partial charge in [-0.05, 0) is 31.3 Å². The summed E-state index contributed by atoms with van der Waals surface area (Å²) in [6, 6.07) is 0. The lowest BCUT2D eigenvalue weighted by atomic mass is 10.3. The Morgan fingerprint density at radius 2 is 1.31 bits per heavy atom. The van der Waals surface area contributed by atoms with Crippen LogP contribution in [-0.2, 0) is 0 Å². The third-order valence-electron chi connectivity index (χ3n) is 1.87. The summed E-state index contributed by atoms with van der Waals surface area (Å²) in [5.74, 6) is 0. The molecule has 0 aromatic carbocycles. The molecule has 76 valence electrons. The molecule has 0 aromatic heterocycles. The SMILES string of the molecule is C=C(C)CP(CC(=C)C)C(C)(C)C. The number of rotatable bonds is 4. The fraction of sp³-hybridized carbons (Fsp3) is 0.667. The predicted octanol–water partition coefficient (Wildman–Crippen LogP) is 4.42. The van der Waals surface area contributed by atoms with Crippen LogP contribution < -0.4 is 0 Å². The number of allylic oxidation sites excluding steroid dienone is 2. The molecule has 0 amide bonds. The van der Waals surface area contributed by atoms with Gasteiger partial charge in [-0.15, -0.1) is 0 Å². The van der Waals surface area contributed by atoms with Gasteiger partial charge in [-0.3, -0.25) is 0 Å². The molecule has 13 heavy (non-hydrogen) atoms. The van der Waals surface area contributed by atoms with Crippen molar-refractivity contribution in [3.8, 4) is 0 Å². The van der Waals surface area contributed by atoms with Gasteiger partial charge in [0.2, 0.25) is 0 Å². The van der Waals surface area contributed by atoms with Gasteiger partial charge < -0.3 is 0 Å². The van der Waals surface area contributed by atoms with E-state index in [0.717, 1.165) is 0 Å². The van der Waals surface area contributed by atoms with Crippen LogP contribution in [0.5, 0.6) is 0 Å². The summed E-state index contributed by atoms with van der Waals surface area (Å²) in [5.41, 5.74) is 2.62. The molecule has 0 aromatic rings. The van der Waals surface area contributed by atoms with Crippen LogP contribution in [-0.4, -0.2) is 17.5 Å². The van der Waals surface area contributed by atoms with Crippen molar-refractivity contribution in [2.75, 3.05) is 12.3 Å². The maximum Gasteiger partial charge on any atom is -0.0112 e. The minimum atomic E-state index is 0.0203. The number of hydrogen-bond donors (Lipinski definition) is 0. The van der Waals surface area contributed by atoms with Crippen molar-refractivity contribution in [2.45, 2.75) is 39.8 Å². The second kappa shape index (κ2) is 4.96. The highest BCUT2D eigenvalue weighted by molar-refractivity contribution is 7.59. The summed E-state index contributed by atoms with van der Waals surface area (Å²) in [6.45, 7) is 19.2. The van der Waals surface area contributed by atoms with E-state index >= 15 is 0 Å². The third kappa shape index (κ3) is 6.05. The summed E-state index contributed by atoms with van der Waals surface area (Å²) in [5, 5.41) is 0.424. The van der Waals surface area contributed by atoms with Crippen LogP contribution in [0.25, 0.3) is 0 Å². The predicted molar refractivity (Wildman–Crippen MR) is 66.0 cm³/mol. The van der Waals surface area contributed by atoms with Gasteiger partial charge in [0.25, 0.3) is 0 Å². The standard InChI is InChI=1S/C12H23P/c1-10(2)8-13(9-11(3)4)12(5,6)7/h1,3,8-9H2,2,4-7H3. The molecule has 0 fully saturated rings. The number of hydrogen-bond acceptors (Lipinski definition) is 0. The van der Waals surface area contributed by atoms with Crippen LogP contribution in [0.2, 0.25) is 0 Å². The van der Waals surface area contributed by atoms with Gasteiger partial charge in [0.1, 0.15) is 0 Å². The molecule has 0 rings (SSSR count). The zero-order valence-electron chi connectivity index (χ0n) is 9.78. The smallest absolute Gasteiger partial charge is 0.0112 e. The highest BCUT2D eigenvalue weighted by Gasteiger charge is 2.23. The largest absolute Gasteiger partial charge is 0.0998 e. The van der Waals surface area contributed by atoms with Crippen molar-refractivity contribution in [2.24, 2.45) is 0 Å². The summed E-state index contributed by atoms with van der Waals surface area (Å²) < 4.78 is 0. The van der Waals surface area contributed by atoms with Gasteiger partial charge in [-0.25, -0.2) is 0 Å². The van der Waals surface area contributed by atoms with Gasteiger partial charge >= 0.3 is 0 Å². The Hall–Kier alpha value is -0.0900. The van der Waals surface area contributed by atoms with Gasteiger partial charge in [0.05, 0.1) is 0 Å². The monoisotopic (exact) mass is 198 g/mol. The van der Waals surface area contributed by atoms with Gasteiger partial charge in [-0.2, -0.15) is 0 Å². The molecule has 0 bridgehead atoms. The van der Waals surface area contributed by atoms with Crippen LogP contribution in [0.4, 0.5) is 0 Å². The maximum atomic E-state index is 4.00. The topological polar surface area (TPSA) is 0 Å². The average molecular weight is 198 g/mol. The van der Waals surface area contributed by atoms with E-state index in [1.165, 1.54) is 23.5 Å². The maximum absolute atomic E-state index is 4.00. The van der Waals surface area contributed by atoms with Crippen molar-refractivity contribution < 1.29 is 0 Å². The second-order valence-corrected chi connectivity index (χ2v) is 7.99. The van der Waals surface area contributed by atoms with Gasteiger partial charge in [0.15, 0.2) is 0 Å². The molecule has 0 unspecified atom stereocenters. The molecule has 0 saturated heterocycles. The molecular formula is C12H23P. The summed E-state index contributed by atoms with van der Waals surface area (Å²) in [7, 11) is 0.0203. The van der Waals surface area contributed by atoms with Crippen LogP contribution in [0.1, 0.15) is 34.6 Å². The van der Waals surface area contributed by atoms with E-state index in [-0.39, 0.29) is 7.92 Å². The molecule has 0 atom stereocenters. The Kier molecular flexibility index (Phi) is 4.92. The Morgan fingerprint density at radius 1 is 1.00 bits per heavy atom. The molecular weight excluding hydrogens is 175 g/mol. The van der Waals surface area contributed by atoms with Gasteiger partial charge in [-0.1, -0.05) is 53.0 Å². The molecule has 0 heterocycles. The first kappa shape index (κ1) is 12.9. The van der Waals surface area contributed by atoms with Crippen LogP contribution in [0.15, 0.2) is 24.3 Å². The lowest BCUT2D eigenvalue weighted by molar-refractivity contribution is 0.781. The van der Waals surface area contributed by atoms with E-state index in [2.05, 4.69) is 47.8 Å². The van der Waals surface area contributed by atoms with Crippen LogP contribution in [0, 0.1) is 0 Å². The second-order valence-electron chi connectivity index (χ2n) is 4.94. The van der Waals surface area contributed by atoms with Crippen molar-refractivity contribution >= 4 is 7.92 Å². The summed E-state index contributed by atoms with van der Waals surface area (Å²) >= 11 is 0. The molecule has 0 saturated carbocycles. The highest BCUT2D eigenvalue weighted by atomic mass is 31.1. The zero-order valence-corrected chi connectivity index (χ0v) is 10.7. The first-order valence-corrected chi connectivity index (χ1v) is 6.48. The first-order chi connectivity index (χ1) is 5.73. The average Bonchev–Trinajstić information content (AvgIpc) is 1.81. The summed E-state index contributed by atoms with van der Waals surface area (Å²) in [4.78, 5) is 0. The lowest BCUT2D eigenvalue weighted by Gasteiger charge is -2.32. The lowest BCUT2D eigenvalue weighted by Crippen LogP contribution is -2.16. The van der Waals surface area contributed by atoms with Gasteiger partial charge in [0, 0.05) is 0 Å². The molecule has 0 spiro atoms. The molecule has 0 aliphatic carbocycles.